The summed E-state index contributed by atoms with van der Waals surface area (Å²) in [5.74, 6) is 1.02. The van der Waals surface area contributed by atoms with Crippen LogP contribution < -0.4 is 20.1 Å². The molecule has 2 aromatic rings. The van der Waals surface area contributed by atoms with Gasteiger partial charge in [0.05, 0.1) is 12.1 Å². The monoisotopic (exact) mass is 338 g/mol. The van der Waals surface area contributed by atoms with Crippen LogP contribution in [-0.4, -0.2) is 24.6 Å². The molecule has 2 amide bonds. The molecule has 2 heterocycles. The van der Waals surface area contributed by atoms with Gasteiger partial charge in [-0.1, -0.05) is 30.3 Å². The van der Waals surface area contributed by atoms with Crippen LogP contribution in [0.3, 0.4) is 0 Å². The molecule has 0 bridgehead atoms. The van der Waals surface area contributed by atoms with Gasteiger partial charge in [0.2, 0.25) is 12.7 Å². The van der Waals surface area contributed by atoms with Gasteiger partial charge in [-0.15, -0.1) is 0 Å². The summed E-state index contributed by atoms with van der Waals surface area (Å²) >= 11 is 0. The molecule has 6 nitrogen and oxygen atoms in total. The molecule has 2 aliphatic rings. The maximum absolute atomic E-state index is 12.7. The van der Waals surface area contributed by atoms with Crippen LogP contribution in [0.1, 0.15) is 34.8 Å². The van der Waals surface area contributed by atoms with Crippen molar-refractivity contribution in [3.05, 3.63) is 59.7 Å². The summed E-state index contributed by atoms with van der Waals surface area (Å²) in [5.41, 5.74) is 1.49. The Labute approximate surface area is 145 Å². The summed E-state index contributed by atoms with van der Waals surface area (Å²) in [6, 6.07) is 14.4. The second kappa shape index (κ2) is 6.47. The average Bonchev–Trinajstić information content (AvgIpc) is 3.11. The number of hydrogen-bond acceptors (Lipinski definition) is 4. The van der Waals surface area contributed by atoms with Crippen molar-refractivity contribution in [1.29, 1.82) is 0 Å². The van der Waals surface area contributed by atoms with Crippen molar-refractivity contribution in [2.24, 2.45) is 0 Å². The van der Waals surface area contributed by atoms with Gasteiger partial charge in [-0.05, 0) is 30.2 Å². The Morgan fingerprint density at radius 2 is 1.88 bits per heavy atom. The highest BCUT2D eigenvalue weighted by Gasteiger charge is 2.31. The smallest absolute Gasteiger partial charge is 0.251 e. The van der Waals surface area contributed by atoms with E-state index < -0.39 is 0 Å². The third-order valence-corrected chi connectivity index (χ3v) is 4.51. The van der Waals surface area contributed by atoms with Gasteiger partial charge < -0.3 is 20.1 Å². The third kappa shape index (κ3) is 3.15. The zero-order valence-electron chi connectivity index (χ0n) is 13.5. The Morgan fingerprint density at radius 3 is 2.72 bits per heavy atom. The number of fused-ring (bicyclic) bond motifs is 1. The van der Waals surface area contributed by atoms with Crippen molar-refractivity contribution in [2.75, 3.05) is 6.79 Å². The minimum atomic E-state index is -0.236. The van der Waals surface area contributed by atoms with Gasteiger partial charge in [-0.25, -0.2) is 0 Å². The Hall–Kier alpha value is -3.02. The minimum absolute atomic E-state index is 0.00225. The Morgan fingerprint density at radius 1 is 1.08 bits per heavy atom. The quantitative estimate of drug-likeness (QED) is 0.899. The van der Waals surface area contributed by atoms with Crippen LogP contribution in [-0.2, 0) is 4.79 Å². The summed E-state index contributed by atoms with van der Waals surface area (Å²) in [5, 5.41) is 6.03. The summed E-state index contributed by atoms with van der Waals surface area (Å²) in [4.78, 5) is 24.5. The van der Waals surface area contributed by atoms with Crippen LogP contribution >= 0.6 is 0 Å². The van der Waals surface area contributed by atoms with E-state index in [4.69, 9.17) is 9.47 Å². The van der Waals surface area contributed by atoms with Crippen LogP contribution in [0.2, 0.25) is 0 Å². The zero-order valence-corrected chi connectivity index (χ0v) is 13.5. The highest BCUT2D eigenvalue weighted by molar-refractivity contribution is 5.95. The van der Waals surface area contributed by atoms with E-state index in [-0.39, 0.29) is 30.7 Å². The van der Waals surface area contributed by atoms with Crippen LogP contribution in [0.25, 0.3) is 0 Å². The number of carbonyl (C=O) groups is 2. The molecule has 2 aromatic carbocycles. The molecule has 1 saturated heterocycles. The van der Waals surface area contributed by atoms with Crippen LogP contribution in [0.15, 0.2) is 48.5 Å². The number of piperidine rings is 1. The number of carbonyl (C=O) groups excluding carboxylic acids is 2. The number of hydrogen-bond donors (Lipinski definition) is 2. The molecule has 6 heteroatoms. The average molecular weight is 338 g/mol. The van der Waals surface area contributed by atoms with Gasteiger partial charge in [0, 0.05) is 12.0 Å². The molecule has 4 rings (SSSR count). The predicted molar refractivity (Wildman–Crippen MR) is 90.4 cm³/mol. The first-order valence-electron chi connectivity index (χ1n) is 8.25. The van der Waals surface area contributed by atoms with Gasteiger partial charge in [-0.2, -0.15) is 0 Å². The van der Waals surface area contributed by atoms with Gasteiger partial charge >= 0.3 is 0 Å². The van der Waals surface area contributed by atoms with E-state index in [0.29, 0.717) is 29.9 Å². The van der Waals surface area contributed by atoms with Gasteiger partial charge in [-0.3, -0.25) is 9.59 Å². The van der Waals surface area contributed by atoms with Crippen molar-refractivity contribution >= 4 is 11.8 Å². The molecule has 25 heavy (non-hydrogen) atoms. The summed E-state index contributed by atoms with van der Waals surface area (Å²) in [7, 11) is 0. The SMILES string of the molecule is O=C1CC[C@@H](NC(=O)c2ccc3c(c2)OCO3)[C@H](c2ccccc2)N1. The van der Waals surface area contributed by atoms with Gasteiger partial charge in [0.25, 0.3) is 5.91 Å². The third-order valence-electron chi connectivity index (χ3n) is 4.51. The zero-order chi connectivity index (χ0) is 17.2. The standard InChI is InChI=1S/C19H18N2O4/c22-17-9-7-14(18(21-17)12-4-2-1-3-5-12)20-19(23)13-6-8-15-16(10-13)25-11-24-15/h1-6,8,10,14,18H,7,9,11H2,(H,20,23)(H,21,22)/t14-,18+/m1/s1. The molecule has 2 atom stereocenters. The van der Waals surface area contributed by atoms with Crippen molar-refractivity contribution in [3.63, 3.8) is 0 Å². The molecule has 2 aliphatic heterocycles. The van der Waals surface area contributed by atoms with Crippen molar-refractivity contribution in [3.8, 4) is 11.5 Å². The number of nitrogens with one attached hydrogen (secondary N) is 2. The maximum atomic E-state index is 12.7. The number of benzene rings is 2. The van der Waals surface area contributed by atoms with Crippen molar-refractivity contribution in [1.82, 2.24) is 10.6 Å². The molecule has 1 fully saturated rings. The van der Waals surface area contributed by atoms with E-state index in [9.17, 15) is 9.59 Å². The summed E-state index contributed by atoms with van der Waals surface area (Å²) in [6.45, 7) is 0.172. The van der Waals surface area contributed by atoms with Gasteiger partial charge in [0.15, 0.2) is 11.5 Å². The number of amides is 2. The number of rotatable bonds is 3. The first kappa shape index (κ1) is 15.5. The Balaban J connectivity index is 1.53. The lowest BCUT2D eigenvalue weighted by atomic mass is 9.91. The van der Waals surface area contributed by atoms with E-state index in [1.807, 2.05) is 30.3 Å². The molecule has 0 aromatic heterocycles. The Kier molecular flexibility index (Phi) is 4.01. The highest BCUT2D eigenvalue weighted by atomic mass is 16.7. The fraction of sp³-hybridized carbons (Fsp3) is 0.263. The van der Waals surface area contributed by atoms with E-state index in [0.717, 1.165) is 5.56 Å². The molecule has 128 valence electrons. The second-order valence-electron chi connectivity index (χ2n) is 6.14. The molecule has 2 N–H and O–H groups in total. The molecular weight excluding hydrogens is 320 g/mol. The fourth-order valence-corrected chi connectivity index (χ4v) is 3.22. The normalized spacial score (nSPS) is 21.5. The lowest BCUT2D eigenvalue weighted by Crippen LogP contribution is -2.50. The van der Waals surface area contributed by atoms with Gasteiger partial charge in [0.1, 0.15) is 0 Å². The van der Waals surface area contributed by atoms with Crippen LogP contribution in [0.5, 0.6) is 11.5 Å². The molecule has 0 unspecified atom stereocenters. The summed E-state index contributed by atoms with van der Waals surface area (Å²) in [6.07, 6.45) is 0.997. The van der Waals surface area contributed by atoms with Crippen LogP contribution in [0, 0.1) is 0 Å². The second-order valence-corrected chi connectivity index (χ2v) is 6.14. The topological polar surface area (TPSA) is 76.7 Å². The summed E-state index contributed by atoms with van der Waals surface area (Å²) < 4.78 is 10.6. The minimum Gasteiger partial charge on any atom is -0.454 e. The van der Waals surface area contributed by atoms with Crippen molar-refractivity contribution < 1.29 is 19.1 Å². The van der Waals surface area contributed by atoms with Crippen molar-refractivity contribution in [2.45, 2.75) is 24.9 Å². The molecule has 0 saturated carbocycles. The van der Waals surface area contributed by atoms with E-state index >= 15 is 0 Å². The highest BCUT2D eigenvalue weighted by Crippen LogP contribution is 2.32. The molecule has 0 radical (unpaired) electrons. The molecule has 0 aliphatic carbocycles. The molecular formula is C19H18N2O4. The first-order chi connectivity index (χ1) is 12.2. The number of ether oxygens (including phenoxy) is 2. The fourth-order valence-electron chi connectivity index (χ4n) is 3.22. The lowest BCUT2D eigenvalue weighted by Gasteiger charge is -2.33. The predicted octanol–water partition coefficient (Wildman–Crippen LogP) is 2.17. The maximum Gasteiger partial charge on any atom is 0.251 e. The first-order valence-corrected chi connectivity index (χ1v) is 8.25. The van der Waals surface area contributed by atoms with E-state index in [1.165, 1.54) is 0 Å². The van der Waals surface area contributed by atoms with E-state index in [2.05, 4.69) is 10.6 Å². The Bertz CT molecular complexity index is 806. The largest absolute Gasteiger partial charge is 0.454 e. The molecule has 0 spiro atoms. The lowest BCUT2D eigenvalue weighted by molar-refractivity contribution is -0.123. The van der Waals surface area contributed by atoms with E-state index in [1.54, 1.807) is 18.2 Å². The van der Waals surface area contributed by atoms with Crippen LogP contribution in [0.4, 0.5) is 0 Å².